The van der Waals surface area contributed by atoms with Gasteiger partial charge in [-0.15, -0.1) is 0 Å². The number of benzene rings is 2. The van der Waals surface area contributed by atoms with Crippen LogP contribution in [0.25, 0.3) is 0 Å². The predicted octanol–water partition coefficient (Wildman–Crippen LogP) is 5.00. The molecule has 4 nitrogen and oxygen atoms in total. The number of anilines is 2. The molecular formula is C21H22BrClN2O2. The number of esters is 1. The van der Waals surface area contributed by atoms with Gasteiger partial charge in [0, 0.05) is 41.8 Å². The zero-order valence-electron chi connectivity index (χ0n) is 15.3. The first-order valence-electron chi connectivity index (χ1n) is 9.13. The van der Waals surface area contributed by atoms with Crippen LogP contribution in [0.2, 0.25) is 5.02 Å². The minimum Gasteiger partial charge on any atom is -0.465 e. The lowest BCUT2D eigenvalue weighted by Gasteiger charge is -2.55. The lowest BCUT2D eigenvalue weighted by molar-refractivity contribution is 0.0600. The average Bonchev–Trinajstić information content (AvgIpc) is 2.66. The predicted molar refractivity (Wildman–Crippen MR) is 113 cm³/mol. The Balaban J connectivity index is 1.37. The van der Waals surface area contributed by atoms with Gasteiger partial charge in [0.2, 0.25) is 0 Å². The van der Waals surface area contributed by atoms with Crippen LogP contribution in [0, 0.1) is 5.41 Å². The molecule has 0 radical (unpaired) electrons. The zero-order valence-corrected chi connectivity index (χ0v) is 17.6. The molecule has 2 fully saturated rings. The highest BCUT2D eigenvalue weighted by molar-refractivity contribution is 9.10. The summed E-state index contributed by atoms with van der Waals surface area (Å²) in [6.45, 7) is 4.23. The Labute approximate surface area is 173 Å². The van der Waals surface area contributed by atoms with E-state index in [0.29, 0.717) is 16.0 Å². The van der Waals surface area contributed by atoms with Crippen LogP contribution in [0.3, 0.4) is 0 Å². The van der Waals surface area contributed by atoms with E-state index in [4.69, 9.17) is 16.3 Å². The van der Waals surface area contributed by atoms with E-state index in [-0.39, 0.29) is 5.97 Å². The number of methoxy groups -OCH3 is 1. The fraction of sp³-hybridized carbons (Fsp3) is 0.381. The van der Waals surface area contributed by atoms with Gasteiger partial charge in [0.25, 0.3) is 0 Å². The van der Waals surface area contributed by atoms with Crippen LogP contribution in [0.4, 0.5) is 11.4 Å². The van der Waals surface area contributed by atoms with Crippen molar-refractivity contribution in [1.29, 1.82) is 0 Å². The largest absolute Gasteiger partial charge is 0.465 e. The minimum absolute atomic E-state index is 0.358. The van der Waals surface area contributed by atoms with Crippen LogP contribution < -0.4 is 9.80 Å². The molecule has 1 spiro atoms. The summed E-state index contributed by atoms with van der Waals surface area (Å²) in [4.78, 5) is 16.4. The molecule has 142 valence electrons. The quantitative estimate of drug-likeness (QED) is 0.618. The van der Waals surface area contributed by atoms with Crippen molar-refractivity contribution >= 4 is 44.9 Å². The number of piperidine rings is 1. The fourth-order valence-electron chi connectivity index (χ4n) is 4.15. The summed E-state index contributed by atoms with van der Waals surface area (Å²) < 4.78 is 5.87. The van der Waals surface area contributed by atoms with Gasteiger partial charge < -0.3 is 14.5 Å². The van der Waals surface area contributed by atoms with Crippen LogP contribution in [-0.4, -0.2) is 39.3 Å². The highest BCUT2D eigenvalue weighted by Crippen LogP contribution is 2.45. The smallest absolute Gasteiger partial charge is 0.337 e. The van der Waals surface area contributed by atoms with Crippen LogP contribution in [0.15, 0.2) is 46.9 Å². The Bertz CT molecular complexity index is 840. The van der Waals surface area contributed by atoms with E-state index in [2.05, 4.69) is 50.0 Å². The maximum Gasteiger partial charge on any atom is 0.337 e. The van der Waals surface area contributed by atoms with Crippen molar-refractivity contribution in [3.63, 3.8) is 0 Å². The molecule has 0 atom stereocenters. The average molecular weight is 450 g/mol. The van der Waals surface area contributed by atoms with E-state index < -0.39 is 0 Å². The number of hydrogen-bond acceptors (Lipinski definition) is 4. The van der Waals surface area contributed by atoms with Crippen molar-refractivity contribution in [2.24, 2.45) is 5.41 Å². The van der Waals surface area contributed by atoms with Crippen LogP contribution >= 0.6 is 27.5 Å². The van der Waals surface area contributed by atoms with Gasteiger partial charge in [-0.05, 0) is 55.3 Å². The third kappa shape index (κ3) is 3.67. The molecule has 27 heavy (non-hydrogen) atoms. The highest BCUT2D eigenvalue weighted by Gasteiger charge is 2.45. The monoisotopic (exact) mass is 448 g/mol. The second-order valence-corrected chi connectivity index (χ2v) is 8.80. The van der Waals surface area contributed by atoms with E-state index in [0.717, 1.165) is 36.3 Å². The van der Waals surface area contributed by atoms with E-state index in [1.165, 1.54) is 25.6 Å². The molecule has 0 N–H and O–H groups in total. The second-order valence-electron chi connectivity index (χ2n) is 7.48. The summed E-state index contributed by atoms with van der Waals surface area (Å²) in [5.74, 6) is -0.358. The topological polar surface area (TPSA) is 32.8 Å². The van der Waals surface area contributed by atoms with Gasteiger partial charge in [0.05, 0.1) is 23.4 Å². The number of ether oxygens (including phenoxy) is 1. The molecule has 2 aliphatic heterocycles. The molecule has 2 saturated heterocycles. The van der Waals surface area contributed by atoms with Gasteiger partial charge >= 0.3 is 5.97 Å². The number of carbonyl (C=O) groups excluding carboxylic acids is 1. The number of nitrogens with zero attached hydrogens (tertiary/aromatic N) is 2. The zero-order chi connectivity index (χ0) is 19.0. The van der Waals surface area contributed by atoms with E-state index in [9.17, 15) is 4.79 Å². The van der Waals surface area contributed by atoms with E-state index in [1.54, 1.807) is 12.1 Å². The summed E-state index contributed by atoms with van der Waals surface area (Å²) >= 11 is 9.92. The van der Waals surface area contributed by atoms with E-state index >= 15 is 0 Å². The Morgan fingerprint density at radius 1 is 1.07 bits per heavy atom. The second kappa shape index (κ2) is 7.36. The molecule has 0 aliphatic carbocycles. The molecule has 0 amide bonds. The summed E-state index contributed by atoms with van der Waals surface area (Å²) in [6.07, 6.45) is 2.38. The number of rotatable bonds is 3. The third-order valence-electron chi connectivity index (χ3n) is 5.78. The van der Waals surface area contributed by atoms with Gasteiger partial charge in [-0.3, -0.25) is 0 Å². The lowest BCUT2D eigenvalue weighted by Crippen LogP contribution is -2.60. The molecule has 6 heteroatoms. The highest BCUT2D eigenvalue weighted by atomic mass is 79.9. The Kier molecular flexibility index (Phi) is 5.08. The summed E-state index contributed by atoms with van der Waals surface area (Å²) in [5.41, 5.74) is 3.18. The summed E-state index contributed by atoms with van der Waals surface area (Å²) in [6, 6.07) is 14.0. The molecule has 0 saturated carbocycles. The first-order chi connectivity index (χ1) is 13.0. The number of hydrogen-bond donors (Lipinski definition) is 0. The SMILES string of the molecule is COC(=O)c1ccc(N2CC3(CCN(c4ccc(Br)cc4)CC3)C2)c(Cl)c1. The first-order valence-corrected chi connectivity index (χ1v) is 10.3. The van der Waals surface area contributed by atoms with Crippen LogP contribution in [0.5, 0.6) is 0 Å². The Morgan fingerprint density at radius 3 is 2.33 bits per heavy atom. The minimum atomic E-state index is -0.358. The van der Waals surface area contributed by atoms with Gasteiger partial charge in [-0.1, -0.05) is 27.5 Å². The van der Waals surface area contributed by atoms with Crippen molar-refractivity contribution in [2.75, 3.05) is 43.1 Å². The van der Waals surface area contributed by atoms with Gasteiger partial charge in [0.15, 0.2) is 0 Å². The van der Waals surface area contributed by atoms with Gasteiger partial charge in [-0.2, -0.15) is 0 Å². The molecular weight excluding hydrogens is 428 g/mol. The Morgan fingerprint density at radius 2 is 1.74 bits per heavy atom. The molecule has 4 rings (SSSR count). The van der Waals surface area contributed by atoms with Crippen molar-refractivity contribution < 1.29 is 9.53 Å². The number of carbonyl (C=O) groups is 1. The molecule has 2 aromatic rings. The maximum absolute atomic E-state index is 11.6. The number of halogens is 2. The molecule has 2 aliphatic rings. The molecule has 0 aromatic heterocycles. The fourth-order valence-corrected chi connectivity index (χ4v) is 4.71. The van der Waals surface area contributed by atoms with Crippen molar-refractivity contribution in [3.05, 3.63) is 57.5 Å². The third-order valence-corrected chi connectivity index (χ3v) is 6.61. The van der Waals surface area contributed by atoms with E-state index in [1.807, 2.05) is 6.07 Å². The van der Waals surface area contributed by atoms with Crippen molar-refractivity contribution in [1.82, 2.24) is 0 Å². The molecule has 0 unspecified atom stereocenters. The van der Waals surface area contributed by atoms with Crippen LogP contribution in [0.1, 0.15) is 23.2 Å². The molecule has 0 bridgehead atoms. The van der Waals surface area contributed by atoms with Crippen LogP contribution in [-0.2, 0) is 4.74 Å². The summed E-state index contributed by atoms with van der Waals surface area (Å²) in [5, 5.41) is 0.611. The van der Waals surface area contributed by atoms with Gasteiger partial charge in [0.1, 0.15) is 0 Å². The first kappa shape index (κ1) is 18.6. The standard InChI is InChI=1S/C21H22BrClN2O2/c1-27-20(26)15-2-7-19(18(23)12-15)25-13-21(14-25)8-10-24(11-9-21)17-5-3-16(22)4-6-17/h2-7,12H,8-11,13-14H2,1H3. The van der Waals surface area contributed by atoms with Gasteiger partial charge in [-0.25, -0.2) is 4.79 Å². The lowest BCUT2D eigenvalue weighted by atomic mass is 9.71. The van der Waals surface area contributed by atoms with Crippen molar-refractivity contribution in [3.8, 4) is 0 Å². The summed E-state index contributed by atoms with van der Waals surface area (Å²) in [7, 11) is 1.38. The normalized spacial score (nSPS) is 18.3. The molecule has 2 heterocycles. The maximum atomic E-state index is 11.6. The van der Waals surface area contributed by atoms with Crippen molar-refractivity contribution in [2.45, 2.75) is 12.8 Å². The Hall–Kier alpha value is -1.72. The molecule has 2 aromatic carbocycles.